The average Bonchev–Trinajstić information content (AvgIpc) is 3.40. The largest absolute Gasteiger partial charge is 0.464 e. The SMILES string of the molecule is c1cc(N2CCCC2)nc(N2CCN(c3nccc4occc34)CC2)n1. The number of fused-ring (bicyclic) bond motifs is 1. The van der Waals surface area contributed by atoms with E-state index in [4.69, 9.17) is 9.40 Å². The van der Waals surface area contributed by atoms with Crippen LogP contribution in [0.1, 0.15) is 12.8 Å². The molecule has 0 N–H and O–H groups in total. The normalized spacial score (nSPS) is 18.1. The quantitative estimate of drug-likeness (QED) is 0.719. The van der Waals surface area contributed by atoms with Gasteiger partial charge in [-0.3, -0.25) is 0 Å². The molecule has 26 heavy (non-hydrogen) atoms. The van der Waals surface area contributed by atoms with Crippen LogP contribution in [-0.2, 0) is 0 Å². The number of piperazine rings is 1. The maximum Gasteiger partial charge on any atom is 0.227 e. The molecule has 0 bridgehead atoms. The molecule has 0 atom stereocenters. The molecule has 2 saturated heterocycles. The first-order valence-corrected chi connectivity index (χ1v) is 9.28. The van der Waals surface area contributed by atoms with Crippen LogP contribution >= 0.6 is 0 Å². The van der Waals surface area contributed by atoms with Crippen LogP contribution < -0.4 is 14.7 Å². The highest BCUT2D eigenvalue weighted by molar-refractivity contribution is 5.88. The molecule has 7 heteroatoms. The van der Waals surface area contributed by atoms with Crippen LogP contribution in [0.3, 0.4) is 0 Å². The zero-order valence-electron chi connectivity index (χ0n) is 14.7. The number of hydrogen-bond acceptors (Lipinski definition) is 7. The Morgan fingerprint density at radius 2 is 1.54 bits per heavy atom. The topological polar surface area (TPSA) is 61.5 Å². The fraction of sp³-hybridized carbons (Fsp3) is 0.421. The Labute approximate surface area is 152 Å². The van der Waals surface area contributed by atoms with Gasteiger partial charge in [-0.05, 0) is 31.0 Å². The fourth-order valence-electron chi connectivity index (χ4n) is 3.86. The molecule has 0 aromatic carbocycles. The van der Waals surface area contributed by atoms with E-state index in [-0.39, 0.29) is 0 Å². The minimum absolute atomic E-state index is 0.837. The van der Waals surface area contributed by atoms with Crippen molar-refractivity contribution in [3.8, 4) is 0 Å². The summed E-state index contributed by atoms with van der Waals surface area (Å²) in [5.74, 6) is 2.89. The summed E-state index contributed by atoms with van der Waals surface area (Å²) < 4.78 is 5.50. The van der Waals surface area contributed by atoms with E-state index in [9.17, 15) is 0 Å². The molecule has 0 amide bonds. The number of hydrogen-bond donors (Lipinski definition) is 0. The Morgan fingerprint density at radius 3 is 2.38 bits per heavy atom. The van der Waals surface area contributed by atoms with E-state index < -0.39 is 0 Å². The lowest BCUT2D eigenvalue weighted by Gasteiger charge is -2.35. The van der Waals surface area contributed by atoms with Gasteiger partial charge in [0.15, 0.2) is 0 Å². The highest BCUT2D eigenvalue weighted by Crippen LogP contribution is 2.27. The van der Waals surface area contributed by atoms with E-state index in [0.29, 0.717) is 0 Å². The molecule has 0 unspecified atom stereocenters. The van der Waals surface area contributed by atoms with E-state index in [1.165, 1.54) is 12.8 Å². The zero-order valence-corrected chi connectivity index (χ0v) is 14.7. The summed E-state index contributed by atoms with van der Waals surface area (Å²) in [5, 5.41) is 1.08. The molecule has 2 aliphatic heterocycles. The second-order valence-corrected chi connectivity index (χ2v) is 6.85. The van der Waals surface area contributed by atoms with Crippen molar-refractivity contribution in [2.45, 2.75) is 12.8 Å². The zero-order chi connectivity index (χ0) is 17.3. The predicted octanol–water partition coefficient (Wildman–Crippen LogP) is 2.54. The number of anilines is 3. The highest BCUT2D eigenvalue weighted by Gasteiger charge is 2.23. The fourth-order valence-corrected chi connectivity index (χ4v) is 3.86. The van der Waals surface area contributed by atoms with Crippen LogP contribution in [0.25, 0.3) is 11.0 Å². The van der Waals surface area contributed by atoms with Gasteiger partial charge in [-0.1, -0.05) is 0 Å². The molecule has 0 saturated carbocycles. The van der Waals surface area contributed by atoms with Crippen LogP contribution in [0.2, 0.25) is 0 Å². The molecular formula is C19H22N6O. The minimum atomic E-state index is 0.837. The summed E-state index contributed by atoms with van der Waals surface area (Å²) in [5.41, 5.74) is 0.888. The van der Waals surface area contributed by atoms with E-state index in [0.717, 1.165) is 67.8 Å². The molecule has 3 aromatic heterocycles. The standard InChI is InChI=1S/C19H22N6O/c1-2-9-23(8-1)17-4-7-21-19(22-17)25-12-10-24(11-13-25)18-15-5-14-26-16(15)3-6-20-18/h3-7,14H,1-2,8-13H2. The van der Waals surface area contributed by atoms with Gasteiger partial charge in [0.2, 0.25) is 5.95 Å². The Balaban J connectivity index is 1.31. The number of furan rings is 1. The lowest BCUT2D eigenvalue weighted by Crippen LogP contribution is -2.47. The van der Waals surface area contributed by atoms with E-state index >= 15 is 0 Å². The summed E-state index contributed by atoms with van der Waals surface area (Å²) in [6.45, 7) is 5.77. The van der Waals surface area contributed by atoms with Crippen LogP contribution in [0.15, 0.2) is 41.3 Å². The van der Waals surface area contributed by atoms with Crippen molar-refractivity contribution >= 4 is 28.6 Å². The third-order valence-electron chi connectivity index (χ3n) is 5.28. The van der Waals surface area contributed by atoms with E-state index in [1.807, 2.05) is 30.6 Å². The number of nitrogens with zero attached hydrogens (tertiary/aromatic N) is 6. The molecule has 5 rings (SSSR count). The van der Waals surface area contributed by atoms with E-state index in [1.54, 1.807) is 6.26 Å². The first-order valence-electron chi connectivity index (χ1n) is 9.28. The lowest BCUT2D eigenvalue weighted by molar-refractivity contribution is 0.614. The van der Waals surface area contributed by atoms with Gasteiger partial charge in [-0.15, -0.1) is 0 Å². The molecule has 0 spiro atoms. The summed E-state index contributed by atoms with van der Waals surface area (Å²) in [4.78, 5) is 20.8. The lowest BCUT2D eigenvalue weighted by atomic mass is 10.2. The van der Waals surface area contributed by atoms with Crippen molar-refractivity contribution < 1.29 is 4.42 Å². The van der Waals surface area contributed by atoms with Crippen molar-refractivity contribution in [3.63, 3.8) is 0 Å². The summed E-state index contributed by atoms with van der Waals surface area (Å²) in [6, 6.07) is 5.92. The van der Waals surface area contributed by atoms with Crippen LogP contribution in [0.4, 0.5) is 17.6 Å². The first-order chi connectivity index (χ1) is 12.9. The molecule has 0 aliphatic carbocycles. The molecule has 5 heterocycles. The molecule has 2 fully saturated rings. The van der Waals surface area contributed by atoms with Gasteiger partial charge in [0.25, 0.3) is 0 Å². The molecule has 3 aromatic rings. The van der Waals surface area contributed by atoms with Gasteiger partial charge >= 0.3 is 0 Å². The second-order valence-electron chi connectivity index (χ2n) is 6.85. The molecule has 2 aliphatic rings. The summed E-state index contributed by atoms with van der Waals surface area (Å²) in [7, 11) is 0. The van der Waals surface area contributed by atoms with Crippen LogP contribution in [0.5, 0.6) is 0 Å². The minimum Gasteiger partial charge on any atom is -0.464 e. The van der Waals surface area contributed by atoms with Crippen molar-refractivity contribution in [3.05, 3.63) is 36.9 Å². The number of pyridine rings is 1. The average molecular weight is 350 g/mol. The van der Waals surface area contributed by atoms with E-state index in [2.05, 4.69) is 24.7 Å². The van der Waals surface area contributed by atoms with Gasteiger partial charge in [0.05, 0.1) is 11.6 Å². The second kappa shape index (κ2) is 6.48. The monoisotopic (exact) mass is 350 g/mol. The van der Waals surface area contributed by atoms with Crippen molar-refractivity contribution in [2.75, 3.05) is 54.0 Å². The Kier molecular flexibility index (Phi) is 3.84. The highest BCUT2D eigenvalue weighted by atomic mass is 16.3. The Morgan fingerprint density at radius 1 is 0.769 bits per heavy atom. The number of aromatic nitrogens is 3. The number of rotatable bonds is 3. The summed E-state index contributed by atoms with van der Waals surface area (Å²) >= 11 is 0. The van der Waals surface area contributed by atoms with Crippen LogP contribution in [0, 0.1) is 0 Å². The molecular weight excluding hydrogens is 328 g/mol. The van der Waals surface area contributed by atoms with Crippen molar-refractivity contribution in [1.29, 1.82) is 0 Å². The predicted molar refractivity (Wildman–Crippen MR) is 102 cm³/mol. The maximum atomic E-state index is 5.50. The van der Waals surface area contributed by atoms with Crippen LogP contribution in [-0.4, -0.2) is 54.2 Å². The maximum absolute atomic E-state index is 5.50. The molecule has 7 nitrogen and oxygen atoms in total. The van der Waals surface area contributed by atoms with Crippen molar-refractivity contribution in [2.24, 2.45) is 0 Å². The Hall–Kier alpha value is -2.83. The molecule has 0 radical (unpaired) electrons. The van der Waals surface area contributed by atoms with Gasteiger partial charge in [-0.2, -0.15) is 4.98 Å². The smallest absolute Gasteiger partial charge is 0.227 e. The summed E-state index contributed by atoms with van der Waals surface area (Å²) in [6.07, 6.45) is 7.94. The van der Waals surface area contributed by atoms with Gasteiger partial charge in [0, 0.05) is 51.7 Å². The third-order valence-corrected chi connectivity index (χ3v) is 5.28. The van der Waals surface area contributed by atoms with Gasteiger partial charge in [-0.25, -0.2) is 9.97 Å². The van der Waals surface area contributed by atoms with Gasteiger partial charge in [0.1, 0.15) is 17.2 Å². The Bertz CT molecular complexity index is 896. The first kappa shape index (κ1) is 15.4. The van der Waals surface area contributed by atoms with Gasteiger partial charge < -0.3 is 19.1 Å². The third kappa shape index (κ3) is 2.73. The molecule has 134 valence electrons. The van der Waals surface area contributed by atoms with Crippen molar-refractivity contribution in [1.82, 2.24) is 15.0 Å².